The van der Waals surface area contributed by atoms with Crippen LogP contribution in [0.2, 0.25) is 18.1 Å². The van der Waals surface area contributed by atoms with Crippen molar-refractivity contribution in [3.63, 3.8) is 0 Å². The molecule has 2 rings (SSSR count). The summed E-state index contributed by atoms with van der Waals surface area (Å²) in [6.07, 6.45) is 0.0341. The van der Waals surface area contributed by atoms with Gasteiger partial charge < -0.3 is 9.15 Å². The third-order valence-corrected chi connectivity index (χ3v) is 8.17. The van der Waals surface area contributed by atoms with Crippen LogP contribution in [0.3, 0.4) is 0 Å². The van der Waals surface area contributed by atoms with E-state index >= 15 is 0 Å². The Hall–Kier alpha value is -0.583. The van der Waals surface area contributed by atoms with Crippen LogP contribution in [0.1, 0.15) is 38.2 Å². The SMILES string of the molecule is Cc1oc2c([C@@H](C)OCC(C)(C)[Si](C)C)cccc2c1Br. The van der Waals surface area contributed by atoms with Crippen LogP contribution < -0.4 is 0 Å². The van der Waals surface area contributed by atoms with E-state index in [2.05, 4.69) is 68.0 Å². The van der Waals surface area contributed by atoms with Crippen LogP contribution in [0.15, 0.2) is 27.1 Å². The third kappa shape index (κ3) is 3.43. The maximum Gasteiger partial charge on any atom is 0.141 e. The van der Waals surface area contributed by atoms with Crippen molar-refractivity contribution >= 4 is 35.7 Å². The zero-order valence-corrected chi connectivity index (χ0v) is 16.3. The minimum Gasteiger partial charge on any atom is -0.460 e. The number of benzene rings is 1. The highest BCUT2D eigenvalue weighted by Crippen LogP contribution is 2.37. The van der Waals surface area contributed by atoms with Crippen molar-refractivity contribution in [1.82, 2.24) is 0 Å². The van der Waals surface area contributed by atoms with Crippen molar-refractivity contribution in [2.75, 3.05) is 6.61 Å². The van der Waals surface area contributed by atoms with Gasteiger partial charge in [-0.05, 0) is 40.9 Å². The number of hydrogen-bond donors (Lipinski definition) is 0. The number of ether oxygens (including phenoxy) is 1. The average molecular weight is 368 g/mol. The van der Waals surface area contributed by atoms with Crippen molar-refractivity contribution in [3.8, 4) is 0 Å². The summed E-state index contributed by atoms with van der Waals surface area (Å²) in [5.74, 6) is 0.914. The van der Waals surface area contributed by atoms with E-state index < -0.39 is 0 Å². The van der Waals surface area contributed by atoms with E-state index in [9.17, 15) is 0 Å². The van der Waals surface area contributed by atoms with Crippen LogP contribution in [-0.4, -0.2) is 15.4 Å². The van der Waals surface area contributed by atoms with Crippen molar-refractivity contribution in [3.05, 3.63) is 34.0 Å². The van der Waals surface area contributed by atoms with Gasteiger partial charge in [0.25, 0.3) is 0 Å². The maximum absolute atomic E-state index is 6.16. The van der Waals surface area contributed by atoms with Crippen LogP contribution in [0.4, 0.5) is 0 Å². The molecule has 1 aromatic heterocycles. The molecule has 0 aliphatic carbocycles. The molecule has 0 bridgehead atoms. The van der Waals surface area contributed by atoms with Crippen molar-refractivity contribution in [2.24, 2.45) is 0 Å². The van der Waals surface area contributed by atoms with Crippen LogP contribution in [0.25, 0.3) is 11.0 Å². The smallest absolute Gasteiger partial charge is 0.141 e. The Kier molecular flexibility index (Phi) is 5.01. The molecule has 0 amide bonds. The first-order valence-electron chi connectivity index (χ1n) is 7.34. The summed E-state index contributed by atoms with van der Waals surface area (Å²) in [4.78, 5) is 0. The molecule has 0 aliphatic rings. The van der Waals surface area contributed by atoms with Gasteiger partial charge in [-0.15, -0.1) is 0 Å². The van der Waals surface area contributed by atoms with Gasteiger partial charge >= 0.3 is 0 Å². The van der Waals surface area contributed by atoms with E-state index in [1.165, 1.54) is 0 Å². The first kappa shape index (κ1) is 16.8. The van der Waals surface area contributed by atoms with Gasteiger partial charge in [0.15, 0.2) is 0 Å². The molecule has 21 heavy (non-hydrogen) atoms. The molecule has 0 unspecified atom stereocenters. The molecule has 0 saturated heterocycles. The Morgan fingerprint density at radius 1 is 1.33 bits per heavy atom. The summed E-state index contributed by atoms with van der Waals surface area (Å²) in [5.41, 5.74) is 2.06. The molecule has 0 fully saturated rings. The lowest BCUT2D eigenvalue weighted by atomic mass is 10.1. The summed E-state index contributed by atoms with van der Waals surface area (Å²) >= 11 is 3.59. The average Bonchev–Trinajstić information content (AvgIpc) is 2.72. The van der Waals surface area contributed by atoms with Crippen molar-refractivity contribution in [1.29, 1.82) is 0 Å². The molecule has 4 heteroatoms. The second kappa shape index (κ2) is 6.27. The zero-order valence-electron chi connectivity index (χ0n) is 13.7. The van der Waals surface area contributed by atoms with E-state index in [4.69, 9.17) is 9.15 Å². The quantitative estimate of drug-likeness (QED) is 0.594. The number of rotatable bonds is 5. The maximum atomic E-state index is 6.16. The molecule has 1 heterocycles. The second-order valence-electron chi connectivity index (χ2n) is 6.53. The molecule has 0 N–H and O–H groups in total. The predicted molar refractivity (Wildman–Crippen MR) is 94.5 cm³/mol. The van der Waals surface area contributed by atoms with E-state index in [-0.39, 0.29) is 19.9 Å². The van der Waals surface area contributed by atoms with Crippen molar-refractivity contribution in [2.45, 2.75) is 51.9 Å². The lowest BCUT2D eigenvalue weighted by molar-refractivity contribution is 0.0503. The summed E-state index contributed by atoms with van der Waals surface area (Å²) in [6, 6.07) is 6.24. The first-order valence-corrected chi connectivity index (χ1v) is 10.6. The number of aryl methyl sites for hydroxylation is 1. The third-order valence-electron chi connectivity index (χ3n) is 4.33. The number of furan rings is 1. The summed E-state index contributed by atoms with van der Waals surface area (Å²) < 4.78 is 13.1. The minimum atomic E-state index is -0.388. The molecule has 2 nitrogen and oxygen atoms in total. The van der Waals surface area contributed by atoms with E-state index in [0.717, 1.165) is 33.4 Å². The van der Waals surface area contributed by atoms with E-state index in [1.807, 2.05) is 6.92 Å². The summed E-state index contributed by atoms with van der Waals surface area (Å²) in [7, 11) is -0.388. The highest BCUT2D eigenvalue weighted by molar-refractivity contribution is 9.10. The fourth-order valence-electron chi connectivity index (χ4n) is 2.12. The number of para-hydroxylation sites is 1. The van der Waals surface area contributed by atoms with E-state index in [0.29, 0.717) is 0 Å². The number of fused-ring (bicyclic) bond motifs is 1. The topological polar surface area (TPSA) is 22.4 Å². The van der Waals surface area contributed by atoms with Gasteiger partial charge in [0.2, 0.25) is 0 Å². The molecule has 1 radical (unpaired) electrons. The molecule has 2 aromatic rings. The largest absolute Gasteiger partial charge is 0.460 e. The molecule has 115 valence electrons. The number of hydrogen-bond acceptors (Lipinski definition) is 2. The Balaban J connectivity index is 2.24. The number of halogens is 1. The molecule has 0 saturated carbocycles. The molecular weight excluding hydrogens is 344 g/mol. The fraction of sp³-hybridized carbons (Fsp3) is 0.529. The second-order valence-corrected chi connectivity index (χ2v) is 10.7. The van der Waals surface area contributed by atoms with Crippen LogP contribution in [0.5, 0.6) is 0 Å². The summed E-state index contributed by atoms with van der Waals surface area (Å²) in [5, 5.41) is 1.39. The lowest BCUT2D eigenvalue weighted by Gasteiger charge is -2.29. The minimum absolute atomic E-state index is 0.0341. The molecule has 0 spiro atoms. The first-order chi connectivity index (χ1) is 9.74. The van der Waals surface area contributed by atoms with Gasteiger partial charge in [-0.2, -0.15) is 0 Å². The molecule has 1 atom stereocenters. The van der Waals surface area contributed by atoms with Gasteiger partial charge in [0.05, 0.1) is 19.4 Å². The van der Waals surface area contributed by atoms with Gasteiger partial charge in [-0.1, -0.05) is 39.1 Å². The van der Waals surface area contributed by atoms with Crippen molar-refractivity contribution < 1.29 is 9.15 Å². The molecular formula is C17H24BrO2Si. The van der Waals surface area contributed by atoms with Crippen LogP contribution in [0, 0.1) is 6.92 Å². The molecule has 0 aliphatic heterocycles. The van der Waals surface area contributed by atoms with Crippen LogP contribution >= 0.6 is 15.9 Å². The van der Waals surface area contributed by atoms with Gasteiger partial charge in [0.1, 0.15) is 11.3 Å². The predicted octanol–water partition coefficient (Wildman–Crippen LogP) is 6.12. The zero-order chi connectivity index (χ0) is 15.8. The summed E-state index contributed by atoms with van der Waals surface area (Å²) in [6.45, 7) is 14.1. The highest BCUT2D eigenvalue weighted by Gasteiger charge is 2.26. The Morgan fingerprint density at radius 2 is 2.00 bits per heavy atom. The van der Waals surface area contributed by atoms with Crippen LogP contribution in [-0.2, 0) is 4.74 Å². The fourth-order valence-corrected chi connectivity index (χ4v) is 2.88. The Labute approximate surface area is 137 Å². The van der Waals surface area contributed by atoms with Gasteiger partial charge in [-0.25, -0.2) is 0 Å². The normalized spacial score (nSPS) is 14.1. The van der Waals surface area contributed by atoms with E-state index in [1.54, 1.807) is 0 Å². The standard InChI is InChI=1S/C17H24BrO2Si/c1-11(19-10-17(3,4)21(5)6)13-8-7-9-14-15(18)12(2)20-16(13)14/h7-9,11H,10H2,1-6H3/t11-/m1/s1. The Morgan fingerprint density at radius 3 is 2.62 bits per heavy atom. The molecule has 1 aromatic carbocycles. The Bertz CT molecular complexity index is 631. The van der Waals surface area contributed by atoms with Gasteiger partial charge in [0, 0.05) is 17.6 Å². The highest BCUT2D eigenvalue weighted by atomic mass is 79.9. The lowest BCUT2D eigenvalue weighted by Crippen LogP contribution is -2.26. The monoisotopic (exact) mass is 367 g/mol. The van der Waals surface area contributed by atoms with Gasteiger partial charge in [-0.3, -0.25) is 0 Å².